The van der Waals surface area contributed by atoms with Gasteiger partial charge in [0, 0.05) is 12.6 Å². The van der Waals surface area contributed by atoms with Crippen LogP contribution in [-0.2, 0) is 14.4 Å². The fourth-order valence-corrected chi connectivity index (χ4v) is 4.00. The van der Waals surface area contributed by atoms with Crippen molar-refractivity contribution in [2.45, 2.75) is 58.1 Å². The lowest BCUT2D eigenvalue weighted by atomic mass is 10.0. The highest BCUT2D eigenvalue weighted by Gasteiger charge is 2.54. The topological polar surface area (TPSA) is 93.2 Å². The van der Waals surface area contributed by atoms with E-state index in [1.807, 2.05) is 0 Å². The minimum Gasteiger partial charge on any atom is -0.444 e. The highest BCUT2D eigenvalue weighted by Crippen LogP contribution is 2.55. The number of carbonyl (C=O) groups excluding carboxylic acids is 4. The molecule has 0 radical (unpaired) electrons. The minimum absolute atomic E-state index is 0.0529. The number of benzene rings is 1. The Bertz CT molecular complexity index is 864. The fraction of sp³-hybridized carbons (Fsp3) is 0.524. The van der Waals surface area contributed by atoms with Crippen LogP contribution in [0.15, 0.2) is 24.3 Å². The average molecular weight is 400 g/mol. The van der Waals surface area contributed by atoms with E-state index < -0.39 is 29.5 Å². The number of likely N-dealkylation sites (tertiary alicyclic amines) is 1. The van der Waals surface area contributed by atoms with Crippen LogP contribution in [0.25, 0.3) is 0 Å². The summed E-state index contributed by atoms with van der Waals surface area (Å²) in [6, 6.07) is 5.93. The van der Waals surface area contributed by atoms with Gasteiger partial charge in [0.2, 0.25) is 0 Å². The number of hydroxylamine groups is 2. The number of imide groups is 1. The third-order valence-corrected chi connectivity index (χ3v) is 5.55. The molecule has 2 fully saturated rings. The van der Waals surface area contributed by atoms with Crippen molar-refractivity contribution in [2.24, 2.45) is 5.41 Å². The largest absolute Gasteiger partial charge is 0.444 e. The van der Waals surface area contributed by atoms with Crippen molar-refractivity contribution in [2.75, 3.05) is 6.54 Å². The van der Waals surface area contributed by atoms with Gasteiger partial charge in [0.1, 0.15) is 5.60 Å². The summed E-state index contributed by atoms with van der Waals surface area (Å²) < 4.78 is 5.48. The van der Waals surface area contributed by atoms with Crippen LogP contribution in [0.2, 0.25) is 0 Å². The summed E-state index contributed by atoms with van der Waals surface area (Å²) in [5.74, 6) is -2.04. The number of carbonyl (C=O) groups is 4. The molecule has 1 saturated carbocycles. The molecule has 0 aromatic heterocycles. The van der Waals surface area contributed by atoms with Gasteiger partial charge in [-0.05, 0) is 57.6 Å². The third kappa shape index (κ3) is 3.71. The van der Waals surface area contributed by atoms with Gasteiger partial charge in [0.05, 0.1) is 17.5 Å². The predicted octanol–water partition coefficient (Wildman–Crippen LogP) is 2.92. The number of amides is 3. The molecule has 29 heavy (non-hydrogen) atoms. The van der Waals surface area contributed by atoms with Gasteiger partial charge in [-0.3, -0.25) is 9.59 Å². The second-order valence-electron chi connectivity index (χ2n) is 9.08. The molecule has 1 spiro atoms. The van der Waals surface area contributed by atoms with Crippen molar-refractivity contribution in [1.29, 1.82) is 0 Å². The Hall–Kier alpha value is -2.90. The standard InChI is InChI=1S/C21H24N2O6/c1-20(2,3)28-19(27)22-12-21(8-9-21)11-13(22)10-16(24)29-23-17(25)14-6-4-5-7-15(14)18(23)26/h4-7,13H,8-12H2,1-3H3/t13-/m1/s1. The molecule has 3 amide bonds. The molecule has 1 atom stereocenters. The molecule has 0 bridgehead atoms. The van der Waals surface area contributed by atoms with Crippen LogP contribution in [0, 0.1) is 5.41 Å². The first-order valence-corrected chi connectivity index (χ1v) is 9.77. The van der Waals surface area contributed by atoms with Crippen LogP contribution in [0.1, 0.15) is 67.2 Å². The first kappa shape index (κ1) is 19.4. The Morgan fingerprint density at radius 2 is 1.69 bits per heavy atom. The summed E-state index contributed by atoms with van der Waals surface area (Å²) in [7, 11) is 0. The Balaban J connectivity index is 1.43. The van der Waals surface area contributed by atoms with E-state index in [0.29, 0.717) is 18.0 Å². The summed E-state index contributed by atoms with van der Waals surface area (Å²) in [4.78, 5) is 56.6. The number of ether oxygens (including phenoxy) is 1. The Kier molecular flexibility index (Phi) is 4.40. The normalized spacial score (nSPS) is 22.1. The summed E-state index contributed by atoms with van der Waals surface area (Å²) in [6.45, 7) is 5.92. The zero-order valence-electron chi connectivity index (χ0n) is 16.8. The molecule has 8 heteroatoms. The van der Waals surface area contributed by atoms with E-state index in [0.717, 1.165) is 12.8 Å². The van der Waals surface area contributed by atoms with E-state index in [-0.39, 0.29) is 29.0 Å². The maximum absolute atomic E-state index is 12.6. The zero-order chi connectivity index (χ0) is 21.0. The van der Waals surface area contributed by atoms with Gasteiger partial charge in [0.25, 0.3) is 11.8 Å². The van der Waals surface area contributed by atoms with Crippen molar-refractivity contribution in [1.82, 2.24) is 9.96 Å². The van der Waals surface area contributed by atoms with Crippen molar-refractivity contribution >= 4 is 23.9 Å². The first-order valence-electron chi connectivity index (χ1n) is 9.77. The lowest BCUT2D eigenvalue weighted by molar-refractivity contribution is -0.169. The maximum Gasteiger partial charge on any atom is 0.410 e. The van der Waals surface area contributed by atoms with Crippen molar-refractivity contribution < 1.29 is 28.8 Å². The van der Waals surface area contributed by atoms with Gasteiger partial charge in [0.15, 0.2) is 0 Å². The molecular weight excluding hydrogens is 376 g/mol. The molecule has 0 N–H and O–H groups in total. The monoisotopic (exact) mass is 400 g/mol. The molecule has 4 rings (SSSR count). The van der Waals surface area contributed by atoms with Crippen molar-refractivity contribution in [3.63, 3.8) is 0 Å². The Labute approximate surface area is 168 Å². The summed E-state index contributed by atoms with van der Waals surface area (Å²) in [6.07, 6.45) is 2.14. The van der Waals surface area contributed by atoms with E-state index in [4.69, 9.17) is 9.57 Å². The molecule has 3 aliphatic rings. The SMILES string of the molecule is CC(C)(C)OC(=O)N1CC2(CC2)C[C@H]1CC(=O)ON1C(=O)c2ccccc2C1=O. The molecule has 1 saturated heterocycles. The zero-order valence-corrected chi connectivity index (χ0v) is 16.8. The second-order valence-corrected chi connectivity index (χ2v) is 9.08. The van der Waals surface area contributed by atoms with Gasteiger partial charge < -0.3 is 14.5 Å². The highest BCUT2D eigenvalue weighted by molar-refractivity contribution is 6.20. The number of nitrogens with zero attached hydrogens (tertiary/aromatic N) is 2. The van der Waals surface area contributed by atoms with Crippen LogP contribution in [-0.4, -0.2) is 52.0 Å². The Morgan fingerprint density at radius 1 is 1.10 bits per heavy atom. The van der Waals surface area contributed by atoms with E-state index in [1.54, 1.807) is 37.8 Å². The summed E-state index contributed by atoms with van der Waals surface area (Å²) >= 11 is 0. The lowest BCUT2D eigenvalue weighted by Crippen LogP contribution is -2.42. The minimum atomic E-state index is -0.726. The van der Waals surface area contributed by atoms with E-state index in [1.165, 1.54) is 12.1 Å². The van der Waals surface area contributed by atoms with Crippen molar-refractivity contribution in [3.8, 4) is 0 Å². The average Bonchev–Trinajstić information content (AvgIpc) is 3.23. The molecule has 2 heterocycles. The first-order chi connectivity index (χ1) is 13.6. The number of fused-ring (bicyclic) bond motifs is 1. The molecule has 154 valence electrons. The molecule has 0 unspecified atom stereocenters. The lowest BCUT2D eigenvalue weighted by Gasteiger charge is -2.28. The molecular formula is C21H24N2O6. The van der Waals surface area contributed by atoms with E-state index >= 15 is 0 Å². The fourth-order valence-electron chi connectivity index (χ4n) is 4.00. The Morgan fingerprint density at radius 3 is 2.21 bits per heavy atom. The quantitative estimate of drug-likeness (QED) is 0.725. The molecule has 2 aliphatic heterocycles. The van der Waals surface area contributed by atoms with Gasteiger partial charge in [-0.15, -0.1) is 0 Å². The molecule has 8 nitrogen and oxygen atoms in total. The summed E-state index contributed by atoms with van der Waals surface area (Å²) in [5.41, 5.74) is -0.170. The molecule has 1 aromatic carbocycles. The van der Waals surface area contributed by atoms with Crippen LogP contribution in [0.5, 0.6) is 0 Å². The van der Waals surface area contributed by atoms with Crippen LogP contribution in [0.3, 0.4) is 0 Å². The van der Waals surface area contributed by atoms with E-state index in [2.05, 4.69) is 0 Å². The van der Waals surface area contributed by atoms with Gasteiger partial charge in [-0.1, -0.05) is 17.2 Å². The van der Waals surface area contributed by atoms with Crippen LogP contribution < -0.4 is 0 Å². The maximum atomic E-state index is 12.6. The summed E-state index contributed by atoms with van der Waals surface area (Å²) in [5, 5.41) is 0.507. The third-order valence-electron chi connectivity index (χ3n) is 5.55. The van der Waals surface area contributed by atoms with Crippen molar-refractivity contribution in [3.05, 3.63) is 35.4 Å². The predicted molar refractivity (Wildman–Crippen MR) is 101 cm³/mol. The number of hydrogen-bond donors (Lipinski definition) is 0. The van der Waals surface area contributed by atoms with Gasteiger partial charge in [-0.2, -0.15) is 0 Å². The number of hydrogen-bond acceptors (Lipinski definition) is 6. The highest BCUT2D eigenvalue weighted by atomic mass is 16.7. The molecule has 1 aliphatic carbocycles. The van der Waals surface area contributed by atoms with Crippen LogP contribution in [0.4, 0.5) is 4.79 Å². The van der Waals surface area contributed by atoms with E-state index in [9.17, 15) is 19.2 Å². The second kappa shape index (κ2) is 6.57. The van der Waals surface area contributed by atoms with Crippen LogP contribution >= 0.6 is 0 Å². The smallest absolute Gasteiger partial charge is 0.410 e. The molecule has 1 aromatic rings. The number of rotatable bonds is 3. The van der Waals surface area contributed by atoms with Gasteiger partial charge >= 0.3 is 12.1 Å². The van der Waals surface area contributed by atoms with Gasteiger partial charge in [-0.25, -0.2) is 9.59 Å².